The van der Waals surface area contributed by atoms with Gasteiger partial charge in [-0.15, -0.1) is 0 Å². The molecule has 0 spiro atoms. The average molecular weight is 821 g/mol. The number of methoxy groups -OCH3 is 2. The van der Waals surface area contributed by atoms with E-state index in [1.54, 1.807) is 0 Å². The van der Waals surface area contributed by atoms with E-state index in [0.717, 1.165) is 68.3 Å². The lowest BCUT2D eigenvalue weighted by atomic mass is 9.99. The van der Waals surface area contributed by atoms with Gasteiger partial charge >= 0.3 is 12.2 Å². The molecule has 0 bridgehead atoms. The number of hydrogen-bond donors (Lipinski definition) is 4. The molecule has 2 aromatic heterocycles. The van der Waals surface area contributed by atoms with Gasteiger partial charge in [0.1, 0.15) is 23.7 Å². The lowest BCUT2D eigenvalue weighted by Gasteiger charge is -2.31. The van der Waals surface area contributed by atoms with Gasteiger partial charge in [-0.25, -0.2) is 19.6 Å². The summed E-state index contributed by atoms with van der Waals surface area (Å²) >= 11 is 0. The van der Waals surface area contributed by atoms with Gasteiger partial charge in [0.2, 0.25) is 11.8 Å². The molecular formula is C44H56N8O6Si. The quantitative estimate of drug-likeness (QED) is 0.104. The Balaban J connectivity index is 1.10. The highest BCUT2D eigenvalue weighted by molar-refractivity contribution is 6.78. The lowest BCUT2D eigenvalue weighted by molar-refractivity contribution is -0.136. The van der Waals surface area contributed by atoms with Gasteiger partial charge in [-0.1, -0.05) is 90.2 Å². The van der Waals surface area contributed by atoms with Crippen molar-refractivity contribution in [3.05, 3.63) is 72.4 Å². The number of fused-ring (bicyclic) bond motifs is 3. The fourth-order valence-corrected chi connectivity index (χ4v) is 11.6. The molecule has 3 aromatic carbocycles. The number of H-pyrrole nitrogens is 2. The van der Waals surface area contributed by atoms with Crippen LogP contribution in [0.5, 0.6) is 0 Å². The highest BCUT2D eigenvalue weighted by Crippen LogP contribution is 2.40. The van der Waals surface area contributed by atoms with Crippen LogP contribution in [0, 0.1) is 17.8 Å². The predicted molar refractivity (Wildman–Crippen MR) is 230 cm³/mol. The Morgan fingerprint density at radius 3 is 2.03 bits per heavy atom. The van der Waals surface area contributed by atoms with Gasteiger partial charge in [0, 0.05) is 18.1 Å². The van der Waals surface area contributed by atoms with Crippen LogP contribution in [0.2, 0.25) is 19.1 Å². The van der Waals surface area contributed by atoms with Gasteiger partial charge < -0.3 is 39.9 Å². The molecule has 0 radical (unpaired) electrons. The topological polar surface area (TPSA) is 175 Å². The molecule has 0 aliphatic carbocycles. The second kappa shape index (κ2) is 16.5. The third-order valence-corrected chi connectivity index (χ3v) is 14.7. The van der Waals surface area contributed by atoms with E-state index in [1.165, 1.54) is 14.2 Å². The maximum atomic E-state index is 13.9. The second-order valence-corrected chi connectivity index (χ2v) is 22.6. The lowest BCUT2D eigenvalue weighted by Crippen LogP contribution is -2.52. The van der Waals surface area contributed by atoms with Crippen molar-refractivity contribution in [1.82, 2.24) is 40.4 Å². The molecule has 5 atom stereocenters. The summed E-state index contributed by atoms with van der Waals surface area (Å²) in [5, 5.41) is 7.53. The first-order valence-electron chi connectivity index (χ1n) is 20.5. The van der Waals surface area contributed by atoms with E-state index in [9.17, 15) is 19.2 Å². The Kier molecular flexibility index (Phi) is 11.6. The van der Waals surface area contributed by atoms with Crippen molar-refractivity contribution in [2.45, 2.75) is 84.3 Å². The van der Waals surface area contributed by atoms with Crippen molar-refractivity contribution in [1.29, 1.82) is 0 Å². The molecule has 0 saturated carbocycles. The summed E-state index contributed by atoms with van der Waals surface area (Å²) in [6.07, 6.45) is 2.10. The van der Waals surface area contributed by atoms with Crippen molar-refractivity contribution in [3.8, 4) is 22.4 Å². The average Bonchev–Trinajstić information content (AvgIpc) is 4.02. The number of nitrogens with zero attached hydrogens (tertiary/aromatic N) is 4. The summed E-state index contributed by atoms with van der Waals surface area (Å²) in [5.41, 5.74) is 5.72. The number of hydrogen-bond acceptors (Lipinski definition) is 8. The number of benzene rings is 3. The van der Waals surface area contributed by atoms with Gasteiger partial charge in [-0.05, 0) is 64.4 Å². The molecular weight excluding hydrogens is 765 g/mol. The third-order valence-electron chi connectivity index (χ3n) is 12.0. The molecule has 2 aliphatic heterocycles. The van der Waals surface area contributed by atoms with Crippen LogP contribution in [0.1, 0.15) is 64.8 Å². The standard InChI is InChI=1S/C44H56N8O6Si/c1-24(2)35(49-43(55)57-6)41(53)51-19-18-26(5)38(51)40-46-32-17-15-30-20-29(14-16-31(30)37(32)48-40)27-10-12-28(13-11-27)33-21-45-39(47-33)34-22-59(8,9)23-52(34)42(54)36(25(3)4)50-44(56)58-7/h10-17,20-21,24-26,34-36,38H,18-19,22-23H2,1-9H3,(H,45,47)(H,46,48)(H,49,55)(H,50,56)/t26-,34-,35-,36-,38-/m0/s1. The summed E-state index contributed by atoms with van der Waals surface area (Å²) in [5.74, 6) is 1.17. The number of carbonyl (C=O) groups excluding carboxylic acids is 4. The van der Waals surface area contributed by atoms with Crippen molar-refractivity contribution < 1.29 is 28.7 Å². The maximum absolute atomic E-state index is 13.9. The zero-order valence-corrected chi connectivity index (χ0v) is 36.4. The number of ether oxygens (including phenoxy) is 2. The van der Waals surface area contributed by atoms with Gasteiger partial charge in [0.05, 0.1) is 57.3 Å². The highest BCUT2D eigenvalue weighted by Gasteiger charge is 2.46. The SMILES string of the molecule is COC(=O)N[C@H](C(=O)N1CC[C@H](C)[C@H]1c1nc2c(ccc3cc(-c4ccc(-c5cnc([C@@H]6C[Si](C)(C)CN6C(=O)[C@@H](NC(=O)OC)C(C)C)[nH]5)cc4)ccc32)[nH]1)C(C)C. The fraction of sp³-hybridized carbons (Fsp3) is 0.455. The first kappa shape index (κ1) is 41.5. The van der Waals surface area contributed by atoms with Gasteiger partial charge in [-0.2, -0.15) is 0 Å². The molecule has 59 heavy (non-hydrogen) atoms. The zero-order chi connectivity index (χ0) is 42.3. The molecule has 4 heterocycles. The smallest absolute Gasteiger partial charge is 0.407 e. The molecule has 2 fully saturated rings. The fourth-order valence-electron chi connectivity index (χ4n) is 8.75. The molecule has 4 N–H and O–H groups in total. The number of nitrogens with one attached hydrogen (secondary N) is 4. The van der Waals surface area contributed by atoms with E-state index >= 15 is 0 Å². The number of imidazole rings is 2. The molecule has 7 rings (SSSR count). The van der Waals surface area contributed by atoms with E-state index in [-0.39, 0.29) is 41.7 Å². The molecule has 2 saturated heterocycles. The largest absolute Gasteiger partial charge is 0.453 e. The zero-order valence-electron chi connectivity index (χ0n) is 35.4. The molecule has 0 unspecified atom stereocenters. The number of rotatable bonds is 10. The second-order valence-electron chi connectivity index (χ2n) is 17.6. The minimum Gasteiger partial charge on any atom is -0.453 e. The number of amides is 4. The van der Waals surface area contributed by atoms with E-state index in [1.807, 2.05) is 49.8 Å². The van der Waals surface area contributed by atoms with Crippen molar-refractivity contribution in [2.75, 3.05) is 26.9 Å². The van der Waals surface area contributed by atoms with E-state index in [0.29, 0.717) is 12.7 Å². The Morgan fingerprint density at radius 2 is 1.41 bits per heavy atom. The Labute approximate surface area is 345 Å². The summed E-state index contributed by atoms with van der Waals surface area (Å²) in [6, 6.07) is 17.9. The van der Waals surface area contributed by atoms with Gasteiger partial charge in [0.15, 0.2) is 0 Å². The normalized spacial score (nSPS) is 20.0. The maximum Gasteiger partial charge on any atom is 0.407 e. The molecule has 14 nitrogen and oxygen atoms in total. The summed E-state index contributed by atoms with van der Waals surface area (Å²) in [6.45, 7) is 14.9. The summed E-state index contributed by atoms with van der Waals surface area (Å²) < 4.78 is 9.62. The van der Waals surface area contributed by atoms with Crippen molar-refractivity contribution in [2.24, 2.45) is 17.8 Å². The first-order chi connectivity index (χ1) is 28.1. The van der Waals surface area contributed by atoms with Gasteiger partial charge in [-0.3, -0.25) is 9.59 Å². The molecule has 15 heteroatoms. The molecule has 312 valence electrons. The van der Waals surface area contributed by atoms with Crippen LogP contribution in [-0.4, -0.2) is 101 Å². The minimum absolute atomic E-state index is 0.113. The number of alkyl carbamates (subject to hydrolysis) is 2. The Hall–Kier alpha value is -5.70. The molecule has 4 amide bonds. The first-order valence-corrected chi connectivity index (χ1v) is 23.9. The van der Waals surface area contributed by atoms with Crippen LogP contribution in [0.25, 0.3) is 44.2 Å². The number of likely N-dealkylation sites (tertiary alicyclic amines) is 1. The van der Waals surface area contributed by atoms with Crippen molar-refractivity contribution in [3.63, 3.8) is 0 Å². The van der Waals surface area contributed by atoms with Crippen molar-refractivity contribution >= 4 is 53.9 Å². The Bertz CT molecular complexity index is 2370. The monoisotopic (exact) mass is 820 g/mol. The molecule has 5 aromatic rings. The number of carbonyl (C=O) groups is 4. The summed E-state index contributed by atoms with van der Waals surface area (Å²) in [7, 11) is 0.844. The van der Waals surface area contributed by atoms with Crippen LogP contribution in [0.4, 0.5) is 9.59 Å². The van der Waals surface area contributed by atoms with E-state index in [4.69, 9.17) is 19.4 Å². The number of aromatic amines is 2. The number of aromatic nitrogens is 4. The Morgan fingerprint density at radius 1 is 0.797 bits per heavy atom. The van der Waals surface area contributed by atoms with Crippen LogP contribution >= 0.6 is 0 Å². The minimum atomic E-state index is -1.75. The van der Waals surface area contributed by atoms with Crippen LogP contribution in [-0.2, 0) is 19.1 Å². The van der Waals surface area contributed by atoms with Crippen LogP contribution in [0.3, 0.4) is 0 Å². The predicted octanol–water partition coefficient (Wildman–Crippen LogP) is 7.57. The molecule has 2 aliphatic rings. The van der Waals surface area contributed by atoms with Crippen LogP contribution < -0.4 is 10.6 Å². The van der Waals surface area contributed by atoms with Crippen LogP contribution in [0.15, 0.2) is 60.8 Å². The summed E-state index contributed by atoms with van der Waals surface area (Å²) in [4.78, 5) is 72.6. The van der Waals surface area contributed by atoms with E-state index < -0.39 is 32.3 Å². The highest BCUT2D eigenvalue weighted by atomic mass is 28.3. The van der Waals surface area contributed by atoms with E-state index in [2.05, 4.69) is 89.2 Å². The third kappa shape index (κ3) is 8.29. The van der Waals surface area contributed by atoms with Gasteiger partial charge in [0.25, 0.3) is 0 Å².